The summed E-state index contributed by atoms with van der Waals surface area (Å²) in [6.45, 7) is -1.46. The standard InChI is InChI=1S/C28H29ClF4N6O4/c1-36-20(18-7-8-21(43-28(32)33)24(31)23(18)30)14-34-25(36)26(41)35-16-5-6-17(19(29)13-16)27(42)38-11-9-37(10-12-38)22(40)15-39(2,3)4/h5-8,13-14,28H,9-12,15H2,1-4H3/p+1. The smallest absolute Gasteiger partial charge is 0.387 e. The number of piperazine rings is 1. The number of aromatic nitrogens is 2. The highest BCUT2D eigenvalue weighted by Crippen LogP contribution is 2.31. The molecule has 0 unspecified atom stereocenters. The monoisotopic (exact) mass is 625 g/mol. The highest BCUT2D eigenvalue weighted by molar-refractivity contribution is 6.34. The molecule has 1 fully saturated rings. The van der Waals surface area contributed by atoms with Crippen LogP contribution in [0.15, 0.2) is 36.5 Å². The molecule has 4 rings (SSSR count). The molecule has 1 saturated heterocycles. The van der Waals surface area contributed by atoms with Crippen LogP contribution in [0.1, 0.15) is 21.0 Å². The molecule has 1 aliphatic heterocycles. The zero-order chi connectivity index (χ0) is 31.6. The number of carbonyl (C=O) groups excluding carboxylic acids is 3. The zero-order valence-corrected chi connectivity index (χ0v) is 24.6. The summed E-state index contributed by atoms with van der Waals surface area (Å²) in [6, 6.07) is 6.24. The SMILES string of the molecule is Cn1c(-c2ccc(OC(F)F)c(F)c2F)cnc1C(=O)Nc1ccc(C(=O)N2CCN(C(=O)C[N+](C)(C)C)CC2)c(Cl)c1. The zero-order valence-electron chi connectivity index (χ0n) is 23.8. The van der Waals surface area contributed by atoms with Crippen LogP contribution in [-0.4, -0.2) is 102 Å². The molecule has 0 aliphatic carbocycles. The van der Waals surface area contributed by atoms with Crippen LogP contribution in [0, 0.1) is 11.6 Å². The summed E-state index contributed by atoms with van der Waals surface area (Å²) >= 11 is 6.40. The van der Waals surface area contributed by atoms with Gasteiger partial charge in [0.2, 0.25) is 5.82 Å². The van der Waals surface area contributed by atoms with Gasteiger partial charge in [0.1, 0.15) is 0 Å². The Balaban J connectivity index is 1.42. The third-order valence-corrected chi connectivity index (χ3v) is 7.03. The topological polar surface area (TPSA) is 96.8 Å². The maximum atomic E-state index is 14.6. The number of hydrogen-bond acceptors (Lipinski definition) is 5. The second-order valence-electron chi connectivity index (χ2n) is 10.9. The van der Waals surface area contributed by atoms with Crippen LogP contribution in [0.4, 0.5) is 23.2 Å². The van der Waals surface area contributed by atoms with Crippen LogP contribution in [-0.2, 0) is 11.8 Å². The molecule has 43 heavy (non-hydrogen) atoms. The summed E-state index contributed by atoms with van der Waals surface area (Å²) in [5, 5.41) is 2.69. The van der Waals surface area contributed by atoms with Gasteiger partial charge < -0.3 is 28.9 Å². The molecule has 1 aliphatic rings. The lowest BCUT2D eigenvalue weighted by Crippen LogP contribution is -2.54. The maximum absolute atomic E-state index is 14.6. The number of ether oxygens (including phenoxy) is 1. The van der Waals surface area contributed by atoms with E-state index < -0.39 is 29.9 Å². The molecule has 0 bridgehead atoms. The molecular weight excluding hydrogens is 596 g/mol. The van der Waals surface area contributed by atoms with Crippen molar-refractivity contribution in [3.05, 3.63) is 64.6 Å². The number of nitrogens with one attached hydrogen (secondary N) is 1. The molecule has 3 amide bonds. The number of amides is 3. The van der Waals surface area contributed by atoms with E-state index in [-0.39, 0.29) is 45.2 Å². The van der Waals surface area contributed by atoms with Gasteiger partial charge in [0.05, 0.1) is 43.6 Å². The maximum Gasteiger partial charge on any atom is 0.387 e. The van der Waals surface area contributed by atoms with Gasteiger partial charge in [-0.25, -0.2) is 9.37 Å². The van der Waals surface area contributed by atoms with Crippen LogP contribution in [0.2, 0.25) is 5.02 Å². The van der Waals surface area contributed by atoms with E-state index in [2.05, 4.69) is 15.0 Å². The van der Waals surface area contributed by atoms with Crippen molar-refractivity contribution in [1.82, 2.24) is 19.4 Å². The highest BCUT2D eigenvalue weighted by Gasteiger charge is 2.28. The van der Waals surface area contributed by atoms with E-state index in [0.29, 0.717) is 37.2 Å². The molecule has 10 nitrogen and oxygen atoms in total. The summed E-state index contributed by atoms with van der Waals surface area (Å²) in [7, 11) is 7.19. The first-order chi connectivity index (χ1) is 20.2. The van der Waals surface area contributed by atoms with Gasteiger partial charge in [0, 0.05) is 44.5 Å². The van der Waals surface area contributed by atoms with E-state index in [1.54, 1.807) is 9.80 Å². The van der Waals surface area contributed by atoms with Gasteiger partial charge in [-0.2, -0.15) is 13.2 Å². The number of hydrogen-bond donors (Lipinski definition) is 1. The molecule has 0 spiro atoms. The van der Waals surface area contributed by atoms with Crippen molar-refractivity contribution in [2.45, 2.75) is 6.61 Å². The molecule has 2 aromatic carbocycles. The average Bonchev–Trinajstić information content (AvgIpc) is 3.31. The van der Waals surface area contributed by atoms with E-state index in [1.807, 2.05) is 21.1 Å². The highest BCUT2D eigenvalue weighted by atomic mass is 35.5. The quantitative estimate of drug-likeness (QED) is 0.303. The number of carbonyl (C=O) groups is 3. The first-order valence-corrected chi connectivity index (χ1v) is 13.5. The predicted octanol–water partition coefficient (Wildman–Crippen LogP) is 3.86. The van der Waals surface area contributed by atoms with Crippen molar-refractivity contribution >= 4 is 35.0 Å². The van der Waals surface area contributed by atoms with Crippen molar-refractivity contribution in [2.24, 2.45) is 7.05 Å². The molecule has 230 valence electrons. The lowest BCUT2D eigenvalue weighted by molar-refractivity contribution is -0.862. The number of nitrogens with zero attached hydrogens (tertiary/aromatic N) is 5. The lowest BCUT2D eigenvalue weighted by atomic mass is 10.1. The number of alkyl halides is 2. The Morgan fingerprint density at radius 3 is 2.28 bits per heavy atom. The van der Waals surface area contributed by atoms with Crippen LogP contribution in [0.3, 0.4) is 0 Å². The van der Waals surface area contributed by atoms with Gasteiger partial charge in [-0.15, -0.1) is 0 Å². The van der Waals surface area contributed by atoms with Crippen LogP contribution < -0.4 is 10.1 Å². The summed E-state index contributed by atoms with van der Waals surface area (Å²) < 4.78 is 59.4. The molecule has 3 aromatic rings. The minimum atomic E-state index is -3.34. The van der Waals surface area contributed by atoms with Gasteiger partial charge in [-0.05, 0) is 30.3 Å². The third-order valence-electron chi connectivity index (χ3n) is 6.72. The second-order valence-corrected chi connectivity index (χ2v) is 11.3. The first-order valence-electron chi connectivity index (χ1n) is 13.1. The van der Waals surface area contributed by atoms with Gasteiger partial charge >= 0.3 is 6.61 Å². The van der Waals surface area contributed by atoms with Gasteiger partial charge in [-0.1, -0.05) is 11.6 Å². The van der Waals surface area contributed by atoms with Crippen molar-refractivity contribution in [3.63, 3.8) is 0 Å². The Bertz CT molecular complexity index is 1550. The van der Waals surface area contributed by atoms with Crippen LogP contribution >= 0.6 is 11.6 Å². The van der Waals surface area contributed by atoms with Gasteiger partial charge in [0.15, 0.2) is 23.9 Å². The number of likely N-dealkylation sites (N-methyl/N-ethyl adjacent to an activating group) is 1. The Morgan fingerprint density at radius 1 is 1.02 bits per heavy atom. The first kappa shape index (κ1) is 31.8. The Labute approximate surface area is 250 Å². The summed E-state index contributed by atoms with van der Waals surface area (Å²) in [5.41, 5.74) is 0.153. The molecule has 1 aromatic heterocycles. The summed E-state index contributed by atoms with van der Waals surface area (Å²) in [5.74, 6) is -5.18. The molecule has 0 saturated carbocycles. The van der Waals surface area contributed by atoms with Crippen molar-refractivity contribution < 1.29 is 41.2 Å². The lowest BCUT2D eigenvalue weighted by Gasteiger charge is -2.36. The van der Waals surface area contributed by atoms with Crippen LogP contribution in [0.5, 0.6) is 5.75 Å². The summed E-state index contributed by atoms with van der Waals surface area (Å²) in [4.78, 5) is 45.9. The van der Waals surface area contributed by atoms with E-state index in [9.17, 15) is 31.9 Å². The number of quaternary nitrogens is 1. The van der Waals surface area contributed by atoms with E-state index in [1.165, 1.54) is 29.8 Å². The van der Waals surface area contributed by atoms with Crippen molar-refractivity contribution in [1.29, 1.82) is 0 Å². The number of benzene rings is 2. The third kappa shape index (κ3) is 7.25. The van der Waals surface area contributed by atoms with E-state index in [0.717, 1.165) is 18.3 Å². The largest absolute Gasteiger partial charge is 0.432 e. The molecule has 2 heterocycles. The fraction of sp³-hybridized carbons (Fsp3) is 0.357. The summed E-state index contributed by atoms with van der Waals surface area (Å²) in [6.07, 6.45) is 1.13. The Kier molecular flexibility index (Phi) is 9.30. The average molecular weight is 626 g/mol. The Hall–Kier alpha value is -4.17. The fourth-order valence-electron chi connectivity index (χ4n) is 4.58. The second kappa shape index (κ2) is 12.6. The number of halogens is 5. The molecular formula is C28H30ClF4N6O4+. The molecule has 0 atom stereocenters. The van der Waals surface area contributed by atoms with Crippen LogP contribution in [0.25, 0.3) is 11.3 Å². The predicted molar refractivity (Wildman–Crippen MR) is 150 cm³/mol. The van der Waals surface area contributed by atoms with Gasteiger partial charge in [0.25, 0.3) is 17.7 Å². The number of rotatable bonds is 8. The molecule has 0 radical (unpaired) electrons. The number of anilines is 1. The van der Waals surface area contributed by atoms with E-state index in [4.69, 9.17) is 11.6 Å². The number of imidazole rings is 1. The fourth-order valence-corrected chi connectivity index (χ4v) is 4.84. The van der Waals surface area contributed by atoms with Crippen molar-refractivity contribution in [3.8, 4) is 17.0 Å². The van der Waals surface area contributed by atoms with E-state index >= 15 is 0 Å². The molecule has 15 heteroatoms. The Morgan fingerprint density at radius 2 is 1.67 bits per heavy atom. The minimum absolute atomic E-state index is 0.00314. The minimum Gasteiger partial charge on any atom is -0.432 e. The van der Waals surface area contributed by atoms with Gasteiger partial charge in [-0.3, -0.25) is 14.4 Å². The molecule has 1 N–H and O–H groups in total. The normalized spacial score (nSPS) is 13.8. The van der Waals surface area contributed by atoms with Crippen molar-refractivity contribution in [2.75, 3.05) is 59.2 Å².